The van der Waals surface area contributed by atoms with Gasteiger partial charge in [-0.05, 0) is 50.2 Å². The van der Waals surface area contributed by atoms with Crippen molar-refractivity contribution >= 4 is 21.4 Å². The van der Waals surface area contributed by atoms with Crippen LogP contribution < -0.4 is 9.57 Å². The highest BCUT2D eigenvalue weighted by atomic mass is 32.2. The molecule has 0 saturated heterocycles. The molecular weight excluding hydrogens is 342 g/mol. The van der Waals surface area contributed by atoms with E-state index in [1.54, 1.807) is 43.5 Å². The number of hydrogen-bond acceptors (Lipinski definition) is 6. The molecule has 2 N–H and O–H groups in total. The second kappa shape index (κ2) is 7.80. The molecule has 0 aliphatic heterocycles. The number of sulfonamides is 1. The van der Waals surface area contributed by atoms with Crippen LogP contribution in [0, 0.1) is 6.92 Å². The van der Waals surface area contributed by atoms with E-state index in [2.05, 4.69) is 15.1 Å². The summed E-state index contributed by atoms with van der Waals surface area (Å²) in [6, 6.07) is 13.2. The van der Waals surface area contributed by atoms with Gasteiger partial charge in [0.05, 0.1) is 12.0 Å². The molecule has 0 aliphatic carbocycles. The Morgan fingerprint density at radius 1 is 1.08 bits per heavy atom. The number of oxime groups is 1. The van der Waals surface area contributed by atoms with Crippen molar-refractivity contribution in [1.29, 1.82) is 0 Å². The minimum Gasteiger partial charge on any atom is -0.497 e. The number of methoxy groups -OCH3 is 1. The van der Waals surface area contributed by atoms with Crippen LogP contribution in [0.15, 0.2) is 63.7 Å². The van der Waals surface area contributed by atoms with E-state index < -0.39 is 10.0 Å². The zero-order chi connectivity index (χ0) is 18.4. The van der Waals surface area contributed by atoms with Crippen LogP contribution in [0.25, 0.3) is 0 Å². The Morgan fingerprint density at radius 3 is 2.20 bits per heavy atom. The van der Waals surface area contributed by atoms with Crippen molar-refractivity contribution in [2.45, 2.75) is 18.7 Å². The molecule has 0 fully saturated rings. The lowest BCUT2D eigenvalue weighted by atomic mass is 10.1. The van der Waals surface area contributed by atoms with Crippen LogP contribution in [0.4, 0.5) is 0 Å². The molecule has 25 heavy (non-hydrogen) atoms. The van der Waals surface area contributed by atoms with Crippen molar-refractivity contribution in [3.8, 4) is 5.75 Å². The van der Waals surface area contributed by atoms with E-state index >= 15 is 0 Å². The summed E-state index contributed by atoms with van der Waals surface area (Å²) >= 11 is 0. The van der Waals surface area contributed by atoms with Crippen molar-refractivity contribution in [3.05, 3.63) is 59.7 Å². The Bertz CT molecular complexity index is 886. The van der Waals surface area contributed by atoms with E-state index in [1.807, 2.05) is 6.92 Å². The number of rotatable bonds is 6. The fraction of sp³-hybridized carbons (Fsp3) is 0.176. The Labute approximate surface area is 146 Å². The van der Waals surface area contributed by atoms with Gasteiger partial charge in [0.2, 0.25) is 0 Å². The van der Waals surface area contributed by atoms with E-state index in [1.165, 1.54) is 19.1 Å². The topological polar surface area (TPSA) is 100 Å². The summed E-state index contributed by atoms with van der Waals surface area (Å²) in [7, 11) is -2.29. The molecule has 0 aromatic heterocycles. The number of hydrogen-bond donors (Lipinski definition) is 2. The Hall–Kier alpha value is -2.87. The zero-order valence-electron chi connectivity index (χ0n) is 14.1. The highest BCUT2D eigenvalue weighted by molar-refractivity contribution is 7.89. The molecule has 0 amide bonds. The molecule has 2 aromatic carbocycles. The summed E-state index contributed by atoms with van der Waals surface area (Å²) in [5.41, 5.74) is 1.88. The lowest BCUT2D eigenvalue weighted by Gasteiger charge is -2.09. The molecule has 0 aliphatic rings. The average molecular weight is 361 g/mol. The SMILES string of the molecule is COc1ccc(C(=N/NS(=O)(=O)c2ccc(C)cc2)/C(C)=N\O)cc1. The van der Waals surface area contributed by atoms with Gasteiger partial charge in [-0.3, -0.25) is 0 Å². The van der Waals surface area contributed by atoms with Crippen LogP contribution in [0.2, 0.25) is 0 Å². The summed E-state index contributed by atoms with van der Waals surface area (Å²) in [6.07, 6.45) is 0. The van der Waals surface area contributed by atoms with E-state index in [0.29, 0.717) is 11.3 Å². The Kier molecular flexibility index (Phi) is 5.76. The summed E-state index contributed by atoms with van der Waals surface area (Å²) in [5.74, 6) is 0.641. The van der Waals surface area contributed by atoms with Gasteiger partial charge in [-0.15, -0.1) is 0 Å². The summed E-state index contributed by atoms with van der Waals surface area (Å²) < 4.78 is 29.8. The molecule has 0 heterocycles. The number of aryl methyl sites for hydroxylation is 1. The van der Waals surface area contributed by atoms with Gasteiger partial charge in [0.15, 0.2) is 0 Å². The van der Waals surface area contributed by atoms with Crippen LogP contribution in [0.3, 0.4) is 0 Å². The fourth-order valence-electron chi connectivity index (χ4n) is 2.03. The third-order valence-electron chi connectivity index (χ3n) is 3.47. The lowest BCUT2D eigenvalue weighted by Crippen LogP contribution is -2.23. The van der Waals surface area contributed by atoms with E-state index in [0.717, 1.165) is 5.56 Å². The number of nitrogens with zero attached hydrogens (tertiary/aromatic N) is 2. The van der Waals surface area contributed by atoms with E-state index in [9.17, 15) is 8.42 Å². The highest BCUT2D eigenvalue weighted by Gasteiger charge is 2.15. The molecule has 2 rings (SSSR count). The molecule has 0 bridgehead atoms. The van der Waals surface area contributed by atoms with Gasteiger partial charge in [-0.1, -0.05) is 22.9 Å². The largest absolute Gasteiger partial charge is 0.497 e. The van der Waals surface area contributed by atoms with Gasteiger partial charge in [-0.2, -0.15) is 18.4 Å². The summed E-state index contributed by atoms with van der Waals surface area (Å²) in [4.78, 5) is 2.27. The van der Waals surface area contributed by atoms with Gasteiger partial charge in [-0.25, -0.2) is 0 Å². The maximum Gasteiger partial charge on any atom is 0.276 e. The molecule has 0 atom stereocenters. The molecule has 7 nitrogen and oxygen atoms in total. The smallest absolute Gasteiger partial charge is 0.276 e. The number of nitrogens with one attached hydrogen (secondary N) is 1. The van der Waals surface area contributed by atoms with Crippen LogP contribution in [0.1, 0.15) is 18.1 Å². The quantitative estimate of drug-likeness (QED) is 0.469. The van der Waals surface area contributed by atoms with E-state index in [-0.39, 0.29) is 16.3 Å². The summed E-state index contributed by atoms with van der Waals surface area (Å²) in [6.45, 7) is 3.38. The van der Waals surface area contributed by atoms with Crippen molar-refractivity contribution in [2.24, 2.45) is 10.3 Å². The second-order valence-corrected chi connectivity index (χ2v) is 6.94. The van der Waals surface area contributed by atoms with E-state index in [4.69, 9.17) is 9.94 Å². The maximum atomic E-state index is 12.4. The number of benzene rings is 2. The predicted molar refractivity (Wildman–Crippen MR) is 95.9 cm³/mol. The van der Waals surface area contributed by atoms with Crippen molar-refractivity contribution < 1.29 is 18.4 Å². The van der Waals surface area contributed by atoms with Gasteiger partial charge < -0.3 is 9.94 Å². The fourth-order valence-corrected chi connectivity index (χ4v) is 2.84. The third kappa shape index (κ3) is 4.57. The molecule has 0 unspecified atom stereocenters. The lowest BCUT2D eigenvalue weighted by molar-refractivity contribution is 0.320. The van der Waals surface area contributed by atoms with Crippen molar-refractivity contribution in [3.63, 3.8) is 0 Å². The predicted octanol–water partition coefficient (Wildman–Crippen LogP) is 2.54. The molecule has 0 saturated carbocycles. The van der Waals surface area contributed by atoms with Crippen molar-refractivity contribution in [2.75, 3.05) is 7.11 Å². The molecule has 2 aromatic rings. The average Bonchev–Trinajstić information content (AvgIpc) is 2.62. The van der Waals surface area contributed by atoms with Gasteiger partial charge in [0.1, 0.15) is 17.2 Å². The highest BCUT2D eigenvalue weighted by Crippen LogP contribution is 2.14. The first-order valence-electron chi connectivity index (χ1n) is 7.37. The van der Waals surface area contributed by atoms with Crippen LogP contribution in [-0.2, 0) is 10.0 Å². The molecule has 132 valence electrons. The zero-order valence-corrected chi connectivity index (χ0v) is 14.9. The number of ether oxygens (including phenoxy) is 1. The Balaban J connectivity index is 2.36. The van der Waals surface area contributed by atoms with Crippen molar-refractivity contribution in [1.82, 2.24) is 4.83 Å². The minimum absolute atomic E-state index is 0.0921. The summed E-state index contributed by atoms with van der Waals surface area (Å²) in [5, 5.41) is 16.1. The van der Waals surface area contributed by atoms with Gasteiger partial charge in [0, 0.05) is 5.56 Å². The standard InChI is InChI=1S/C17H19N3O4S/c1-12-4-10-16(11-5-12)25(22,23)20-18-17(13(2)19-21)14-6-8-15(24-3)9-7-14/h4-11,20-21H,1-3H3/b18-17+,19-13-. The minimum atomic E-state index is -3.83. The molecule has 8 heteroatoms. The normalized spacial score (nSPS) is 12.8. The second-order valence-electron chi connectivity index (χ2n) is 5.28. The first kappa shape index (κ1) is 18.5. The van der Waals surface area contributed by atoms with Crippen LogP contribution in [0.5, 0.6) is 5.75 Å². The van der Waals surface area contributed by atoms with Gasteiger partial charge >= 0.3 is 0 Å². The maximum absolute atomic E-state index is 12.4. The van der Waals surface area contributed by atoms with Crippen LogP contribution >= 0.6 is 0 Å². The van der Waals surface area contributed by atoms with Gasteiger partial charge in [0.25, 0.3) is 10.0 Å². The third-order valence-corrected chi connectivity index (χ3v) is 4.69. The monoisotopic (exact) mass is 361 g/mol. The molecule has 0 spiro atoms. The first-order chi connectivity index (χ1) is 11.9. The van der Waals surface area contributed by atoms with Crippen LogP contribution in [-0.4, -0.2) is 32.2 Å². The molecule has 0 radical (unpaired) electrons. The first-order valence-corrected chi connectivity index (χ1v) is 8.85. The number of hydrazone groups is 1. The Morgan fingerprint density at radius 2 is 1.68 bits per heavy atom. The molecular formula is C17H19N3O4S.